The highest BCUT2D eigenvalue weighted by molar-refractivity contribution is 6.30. The largest absolute Gasteiger partial charge is 0.337 e. The average molecular weight is 266 g/mol. The highest BCUT2D eigenvalue weighted by Crippen LogP contribution is 2.20. The summed E-state index contributed by atoms with van der Waals surface area (Å²) in [6.45, 7) is 5.06. The molecule has 1 atom stereocenters. The first-order valence-corrected chi connectivity index (χ1v) is 6.41. The van der Waals surface area contributed by atoms with Crippen LogP contribution >= 0.6 is 11.6 Å². The Labute approximate surface area is 111 Å². The summed E-state index contributed by atoms with van der Waals surface area (Å²) in [5, 5.41) is 7.98. The molecule has 0 fully saturated rings. The Kier molecular flexibility index (Phi) is 4.33. The molecule has 0 bridgehead atoms. The number of hydrogen-bond donors (Lipinski definition) is 1. The molecule has 1 aromatic carbocycles. The average Bonchev–Trinajstić information content (AvgIpc) is 2.86. The molecule has 0 aliphatic rings. The van der Waals surface area contributed by atoms with Crippen LogP contribution in [0, 0.1) is 0 Å². The van der Waals surface area contributed by atoms with E-state index in [9.17, 15) is 0 Å². The second-order valence-corrected chi connectivity index (χ2v) is 4.58. The van der Waals surface area contributed by atoms with Gasteiger partial charge in [-0.05, 0) is 44.2 Å². The van der Waals surface area contributed by atoms with Crippen LogP contribution in [0.4, 0.5) is 0 Å². The maximum atomic E-state index is 5.84. The van der Waals surface area contributed by atoms with E-state index in [0.29, 0.717) is 16.7 Å². The summed E-state index contributed by atoms with van der Waals surface area (Å²) in [5.74, 6) is 1.19. The van der Waals surface area contributed by atoms with Gasteiger partial charge in [0.2, 0.25) is 11.7 Å². The van der Waals surface area contributed by atoms with Gasteiger partial charge in [0.05, 0.1) is 6.04 Å². The van der Waals surface area contributed by atoms with E-state index < -0.39 is 0 Å². The molecule has 18 heavy (non-hydrogen) atoms. The summed E-state index contributed by atoms with van der Waals surface area (Å²) in [5.41, 5.74) is 0.900. The number of benzene rings is 1. The second kappa shape index (κ2) is 5.98. The van der Waals surface area contributed by atoms with Gasteiger partial charge < -0.3 is 9.84 Å². The zero-order valence-corrected chi connectivity index (χ0v) is 11.2. The number of aromatic nitrogens is 2. The van der Waals surface area contributed by atoms with Crippen LogP contribution in [0.15, 0.2) is 28.8 Å². The van der Waals surface area contributed by atoms with Gasteiger partial charge in [0.1, 0.15) is 0 Å². The van der Waals surface area contributed by atoms with Crippen molar-refractivity contribution in [3.8, 4) is 11.4 Å². The molecule has 0 aliphatic carbocycles. The lowest BCUT2D eigenvalue weighted by atomic mass is 10.2. The molecule has 0 saturated heterocycles. The minimum atomic E-state index is 0.0681. The summed E-state index contributed by atoms with van der Waals surface area (Å²) in [6, 6.07) is 7.44. The highest BCUT2D eigenvalue weighted by atomic mass is 35.5. The summed E-state index contributed by atoms with van der Waals surface area (Å²) in [4.78, 5) is 4.38. The molecule has 5 heteroatoms. The Bertz CT molecular complexity index is 495. The maximum absolute atomic E-state index is 5.84. The normalized spacial score (nSPS) is 12.6. The number of rotatable bonds is 5. The van der Waals surface area contributed by atoms with Crippen molar-refractivity contribution in [3.05, 3.63) is 35.2 Å². The van der Waals surface area contributed by atoms with E-state index in [4.69, 9.17) is 16.1 Å². The van der Waals surface area contributed by atoms with Gasteiger partial charge in [0.15, 0.2) is 0 Å². The fourth-order valence-corrected chi connectivity index (χ4v) is 1.70. The van der Waals surface area contributed by atoms with Crippen LogP contribution in [0.1, 0.15) is 32.2 Å². The molecule has 4 nitrogen and oxygen atoms in total. The summed E-state index contributed by atoms with van der Waals surface area (Å²) >= 11 is 5.84. The van der Waals surface area contributed by atoms with Crippen LogP contribution in [-0.2, 0) is 0 Å². The Morgan fingerprint density at radius 1 is 1.33 bits per heavy atom. The van der Waals surface area contributed by atoms with Gasteiger partial charge in [0.25, 0.3) is 0 Å². The number of nitrogens with zero attached hydrogens (tertiary/aromatic N) is 2. The first kappa shape index (κ1) is 13.1. The third-order valence-corrected chi connectivity index (χ3v) is 2.87. The summed E-state index contributed by atoms with van der Waals surface area (Å²) in [6.07, 6.45) is 1.07. The van der Waals surface area contributed by atoms with E-state index in [1.165, 1.54) is 0 Å². The first-order chi connectivity index (χ1) is 8.70. The Balaban J connectivity index is 2.12. The van der Waals surface area contributed by atoms with Crippen molar-refractivity contribution in [3.63, 3.8) is 0 Å². The molecule has 0 radical (unpaired) electrons. The zero-order chi connectivity index (χ0) is 13.0. The van der Waals surface area contributed by atoms with Crippen molar-refractivity contribution in [2.45, 2.75) is 26.3 Å². The van der Waals surface area contributed by atoms with Crippen LogP contribution < -0.4 is 5.32 Å². The second-order valence-electron chi connectivity index (χ2n) is 4.14. The number of nitrogens with one attached hydrogen (secondary N) is 1. The lowest BCUT2D eigenvalue weighted by Gasteiger charge is -2.06. The van der Waals surface area contributed by atoms with Gasteiger partial charge in [-0.25, -0.2) is 0 Å². The van der Waals surface area contributed by atoms with Crippen LogP contribution in [0.5, 0.6) is 0 Å². The van der Waals surface area contributed by atoms with Crippen molar-refractivity contribution in [1.29, 1.82) is 0 Å². The molecule has 1 heterocycles. The van der Waals surface area contributed by atoms with Gasteiger partial charge in [-0.3, -0.25) is 0 Å². The van der Waals surface area contributed by atoms with E-state index >= 15 is 0 Å². The van der Waals surface area contributed by atoms with Gasteiger partial charge in [-0.1, -0.05) is 23.7 Å². The predicted octanol–water partition coefficient (Wildman–Crippen LogP) is 3.45. The van der Waals surface area contributed by atoms with Gasteiger partial charge in [-0.2, -0.15) is 4.98 Å². The minimum absolute atomic E-state index is 0.0681. The van der Waals surface area contributed by atoms with Crippen molar-refractivity contribution < 1.29 is 4.52 Å². The monoisotopic (exact) mass is 265 g/mol. The highest BCUT2D eigenvalue weighted by Gasteiger charge is 2.14. The Morgan fingerprint density at radius 2 is 2.06 bits per heavy atom. The van der Waals surface area contributed by atoms with Crippen LogP contribution in [-0.4, -0.2) is 16.7 Å². The maximum Gasteiger partial charge on any atom is 0.243 e. The van der Waals surface area contributed by atoms with Crippen molar-refractivity contribution >= 4 is 11.6 Å². The van der Waals surface area contributed by atoms with E-state index in [-0.39, 0.29) is 6.04 Å². The van der Waals surface area contributed by atoms with Crippen LogP contribution in [0.25, 0.3) is 11.4 Å². The lowest BCUT2D eigenvalue weighted by molar-refractivity contribution is 0.340. The fraction of sp³-hybridized carbons (Fsp3) is 0.385. The standard InChI is InChI=1S/C13H16ClN3O/c1-3-8-15-9(2)13-16-12(17-18-13)10-4-6-11(14)7-5-10/h4-7,9,15H,3,8H2,1-2H3. The number of hydrogen-bond acceptors (Lipinski definition) is 4. The van der Waals surface area contributed by atoms with Crippen LogP contribution in [0.2, 0.25) is 5.02 Å². The molecule has 2 aromatic rings. The van der Waals surface area contributed by atoms with Crippen molar-refractivity contribution in [1.82, 2.24) is 15.5 Å². The fourth-order valence-electron chi connectivity index (χ4n) is 1.58. The zero-order valence-electron chi connectivity index (χ0n) is 10.5. The summed E-state index contributed by atoms with van der Waals surface area (Å²) < 4.78 is 5.25. The Hall–Kier alpha value is -1.39. The quantitative estimate of drug-likeness (QED) is 0.900. The molecule has 2 rings (SSSR count). The van der Waals surface area contributed by atoms with Crippen LogP contribution in [0.3, 0.4) is 0 Å². The molecule has 96 valence electrons. The molecular formula is C13H16ClN3O. The van der Waals surface area contributed by atoms with E-state index in [2.05, 4.69) is 22.4 Å². The smallest absolute Gasteiger partial charge is 0.243 e. The van der Waals surface area contributed by atoms with Crippen molar-refractivity contribution in [2.75, 3.05) is 6.54 Å². The molecule has 0 amide bonds. The van der Waals surface area contributed by atoms with Gasteiger partial charge in [0, 0.05) is 10.6 Å². The van der Waals surface area contributed by atoms with Gasteiger partial charge in [-0.15, -0.1) is 0 Å². The molecule has 0 aliphatic heterocycles. The van der Waals surface area contributed by atoms with E-state index in [1.807, 2.05) is 31.2 Å². The Morgan fingerprint density at radius 3 is 2.72 bits per heavy atom. The minimum Gasteiger partial charge on any atom is -0.337 e. The molecule has 0 saturated carbocycles. The molecule has 1 aromatic heterocycles. The third-order valence-electron chi connectivity index (χ3n) is 2.62. The molecular weight excluding hydrogens is 250 g/mol. The lowest BCUT2D eigenvalue weighted by Crippen LogP contribution is -2.19. The molecule has 1 N–H and O–H groups in total. The topological polar surface area (TPSA) is 51.0 Å². The predicted molar refractivity (Wildman–Crippen MR) is 71.5 cm³/mol. The third kappa shape index (κ3) is 3.09. The number of halogens is 1. The molecule has 1 unspecified atom stereocenters. The molecule has 0 spiro atoms. The first-order valence-electron chi connectivity index (χ1n) is 6.03. The summed E-state index contributed by atoms with van der Waals surface area (Å²) in [7, 11) is 0. The van der Waals surface area contributed by atoms with Gasteiger partial charge >= 0.3 is 0 Å². The SMILES string of the molecule is CCCNC(C)c1nc(-c2ccc(Cl)cc2)no1. The van der Waals surface area contributed by atoms with Crippen molar-refractivity contribution in [2.24, 2.45) is 0 Å². The van der Waals surface area contributed by atoms with E-state index in [1.54, 1.807) is 0 Å². The van der Waals surface area contributed by atoms with E-state index in [0.717, 1.165) is 18.5 Å².